The van der Waals surface area contributed by atoms with Crippen LogP contribution in [-0.4, -0.2) is 22.6 Å². The van der Waals surface area contributed by atoms with E-state index >= 15 is 0 Å². The summed E-state index contributed by atoms with van der Waals surface area (Å²) in [4.78, 5) is 17.6. The van der Waals surface area contributed by atoms with Crippen LogP contribution in [0.5, 0.6) is 0 Å². The number of carbonyl (C=O) groups is 1. The van der Waals surface area contributed by atoms with Crippen molar-refractivity contribution in [2.24, 2.45) is 5.92 Å². The lowest BCUT2D eigenvalue weighted by Crippen LogP contribution is -2.25. The predicted molar refractivity (Wildman–Crippen MR) is 98.6 cm³/mol. The van der Waals surface area contributed by atoms with E-state index in [2.05, 4.69) is 15.5 Å². The van der Waals surface area contributed by atoms with E-state index in [0.717, 1.165) is 23.8 Å². The molecule has 1 aromatic heterocycles. The number of carbonyl (C=O) groups excluding carboxylic acids is 1. The molecule has 134 valence electrons. The zero-order chi connectivity index (χ0) is 17.5. The van der Waals surface area contributed by atoms with Crippen molar-refractivity contribution in [1.82, 2.24) is 15.5 Å². The van der Waals surface area contributed by atoms with Crippen molar-refractivity contribution in [2.75, 3.05) is 6.54 Å². The number of rotatable bonds is 8. The Hall–Kier alpha value is -1.82. The highest BCUT2D eigenvalue weighted by molar-refractivity contribution is 7.98. The second kappa shape index (κ2) is 9.04. The summed E-state index contributed by atoms with van der Waals surface area (Å²) >= 11 is 1.54. The first kappa shape index (κ1) is 18.0. The minimum absolute atomic E-state index is 0.00349. The van der Waals surface area contributed by atoms with Gasteiger partial charge >= 0.3 is 0 Å². The summed E-state index contributed by atoms with van der Waals surface area (Å²) in [6.45, 7) is 2.54. The standard InChI is InChI=1S/C19H25N3O2S/c1-14-21-18(24-22-14)13-25-17-11-5-4-10-16(17)19(23)20-12-6-9-15-7-2-3-8-15/h4-5,10-11,15H,2-3,6-9,12-13H2,1H3,(H,20,23). The Balaban J connectivity index is 1.49. The average molecular weight is 359 g/mol. The molecule has 1 heterocycles. The van der Waals surface area contributed by atoms with Crippen LogP contribution in [0.25, 0.3) is 0 Å². The van der Waals surface area contributed by atoms with Gasteiger partial charge in [-0.1, -0.05) is 43.0 Å². The first-order valence-electron chi connectivity index (χ1n) is 9.01. The molecule has 1 aliphatic carbocycles. The number of aryl methyl sites for hydroxylation is 1. The van der Waals surface area contributed by atoms with Gasteiger partial charge in [-0.25, -0.2) is 0 Å². The zero-order valence-corrected chi connectivity index (χ0v) is 15.5. The fourth-order valence-corrected chi connectivity index (χ4v) is 4.19. The maximum atomic E-state index is 12.5. The Bertz CT molecular complexity index is 695. The Morgan fingerprint density at radius 1 is 1.32 bits per heavy atom. The van der Waals surface area contributed by atoms with Crippen LogP contribution in [0.15, 0.2) is 33.7 Å². The molecular weight excluding hydrogens is 334 g/mol. The van der Waals surface area contributed by atoms with E-state index < -0.39 is 0 Å². The largest absolute Gasteiger partial charge is 0.352 e. The van der Waals surface area contributed by atoms with E-state index in [9.17, 15) is 4.79 Å². The molecular formula is C19H25N3O2S. The van der Waals surface area contributed by atoms with Crippen LogP contribution in [0.2, 0.25) is 0 Å². The van der Waals surface area contributed by atoms with Crippen molar-refractivity contribution in [3.05, 3.63) is 41.5 Å². The van der Waals surface area contributed by atoms with Crippen LogP contribution < -0.4 is 5.32 Å². The fraction of sp³-hybridized carbons (Fsp3) is 0.526. The lowest BCUT2D eigenvalue weighted by Gasteiger charge is -2.11. The van der Waals surface area contributed by atoms with Gasteiger partial charge in [0.25, 0.3) is 5.91 Å². The summed E-state index contributed by atoms with van der Waals surface area (Å²) in [6.07, 6.45) is 7.77. The van der Waals surface area contributed by atoms with Crippen LogP contribution in [0.4, 0.5) is 0 Å². The molecule has 2 aromatic rings. The smallest absolute Gasteiger partial charge is 0.252 e. The number of hydrogen-bond donors (Lipinski definition) is 1. The highest BCUT2D eigenvalue weighted by Gasteiger charge is 2.15. The summed E-state index contributed by atoms with van der Waals surface area (Å²) in [5, 5.41) is 6.85. The third-order valence-electron chi connectivity index (χ3n) is 4.60. The van der Waals surface area contributed by atoms with E-state index in [1.54, 1.807) is 18.7 Å². The first-order chi connectivity index (χ1) is 12.2. The number of thioether (sulfide) groups is 1. The molecule has 1 N–H and O–H groups in total. The highest BCUT2D eigenvalue weighted by atomic mass is 32.2. The molecule has 0 saturated heterocycles. The molecule has 1 saturated carbocycles. The maximum Gasteiger partial charge on any atom is 0.252 e. The third-order valence-corrected chi connectivity index (χ3v) is 5.66. The number of nitrogens with one attached hydrogen (secondary N) is 1. The molecule has 0 radical (unpaired) electrons. The molecule has 0 atom stereocenters. The second-order valence-electron chi connectivity index (χ2n) is 6.57. The van der Waals surface area contributed by atoms with Crippen LogP contribution >= 0.6 is 11.8 Å². The van der Waals surface area contributed by atoms with Crippen molar-refractivity contribution in [3.8, 4) is 0 Å². The summed E-state index contributed by atoms with van der Waals surface area (Å²) in [6, 6.07) is 7.67. The van der Waals surface area contributed by atoms with E-state index in [4.69, 9.17) is 4.52 Å². The monoisotopic (exact) mass is 359 g/mol. The van der Waals surface area contributed by atoms with Gasteiger partial charge in [-0.3, -0.25) is 4.79 Å². The van der Waals surface area contributed by atoms with Crippen molar-refractivity contribution < 1.29 is 9.32 Å². The van der Waals surface area contributed by atoms with Gasteiger partial charge in [0.1, 0.15) is 0 Å². The Kier molecular flexibility index (Phi) is 6.50. The van der Waals surface area contributed by atoms with Gasteiger partial charge < -0.3 is 9.84 Å². The highest BCUT2D eigenvalue weighted by Crippen LogP contribution is 2.28. The number of nitrogens with zero attached hydrogens (tertiary/aromatic N) is 2. The normalized spacial score (nSPS) is 14.8. The molecule has 5 nitrogen and oxygen atoms in total. The minimum atomic E-state index is -0.00349. The molecule has 1 fully saturated rings. The lowest BCUT2D eigenvalue weighted by molar-refractivity contribution is 0.0949. The van der Waals surface area contributed by atoms with Crippen molar-refractivity contribution in [3.63, 3.8) is 0 Å². The quantitative estimate of drug-likeness (QED) is 0.560. The van der Waals surface area contributed by atoms with Gasteiger partial charge in [-0.05, 0) is 37.8 Å². The fourth-order valence-electron chi connectivity index (χ4n) is 3.31. The Morgan fingerprint density at radius 2 is 2.12 bits per heavy atom. The molecule has 3 rings (SSSR count). The molecule has 1 aliphatic rings. The van der Waals surface area contributed by atoms with E-state index in [-0.39, 0.29) is 5.91 Å². The van der Waals surface area contributed by atoms with Gasteiger partial charge in [0.15, 0.2) is 5.82 Å². The number of amides is 1. The van der Waals surface area contributed by atoms with Crippen molar-refractivity contribution in [1.29, 1.82) is 0 Å². The van der Waals surface area contributed by atoms with Crippen LogP contribution in [0, 0.1) is 12.8 Å². The predicted octanol–water partition coefficient (Wildman–Crippen LogP) is 4.37. The van der Waals surface area contributed by atoms with Gasteiger partial charge in [-0.2, -0.15) is 4.98 Å². The molecule has 1 amide bonds. The number of benzene rings is 1. The molecule has 6 heteroatoms. The van der Waals surface area contributed by atoms with E-state index in [1.165, 1.54) is 32.1 Å². The SMILES string of the molecule is Cc1noc(CSc2ccccc2C(=O)NCCCC2CCCC2)n1. The van der Waals surface area contributed by atoms with Gasteiger partial charge in [-0.15, -0.1) is 11.8 Å². The first-order valence-corrected chi connectivity index (χ1v) is 10.00. The molecule has 0 unspecified atom stereocenters. The van der Waals surface area contributed by atoms with Crippen LogP contribution in [-0.2, 0) is 5.75 Å². The molecule has 0 bridgehead atoms. The van der Waals surface area contributed by atoms with Crippen molar-refractivity contribution in [2.45, 2.75) is 56.1 Å². The minimum Gasteiger partial charge on any atom is -0.352 e. The van der Waals surface area contributed by atoms with Gasteiger partial charge in [0.2, 0.25) is 5.89 Å². The van der Waals surface area contributed by atoms with Crippen LogP contribution in [0.1, 0.15) is 60.6 Å². The summed E-state index contributed by atoms with van der Waals surface area (Å²) < 4.78 is 5.13. The molecule has 25 heavy (non-hydrogen) atoms. The molecule has 1 aromatic carbocycles. The maximum absolute atomic E-state index is 12.5. The second-order valence-corrected chi connectivity index (χ2v) is 7.59. The van der Waals surface area contributed by atoms with Gasteiger partial charge in [0.05, 0.1) is 11.3 Å². The lowest BCUT2D eigenvalue weighted by atomic mass is 10.0. The Labute approximate surface area is 153 Å². The average Bonchev–Trinajstić information content (AvgIpc) is 3.28. The molecule has 0 spiro atoms. The molecule has 0 aliphatic heterocycles. The van der Waals surface area contributed by atoms with E-state index in [1.807, 2.05) is 24.3 Å². The summed E-state index contributed by atoms with van der Waals surface area (Å²) in [5.74, 6) is 2.64. The summed E-state index contributed by atoms with van der Waals surface area (Å²) in [5.41, 5.74) is 0.713. The number of hydrogen-bond acceptors (Lipinski definition) is 5. The van der Waals surface area contributed by atoms with Crippen molar-refractivity contribution >= 4 is 17.7 Å². The Morgan fingerprint density at radius 3 is 2.88 bits per heavy atom. The zero-order valence-electron chi connectivity index (χ0n) is 14.7. The third kappa shape index (κ3) is 5.33. The van der Waals surface area contributed by atoms with Crippen LogP contribution in [0.3, 0.4) is 0 Å². The van der Waals surface area contributed by atoms with E-state index in [0.29, 0.717) is 23.0 Å². The summed E-state index contributed by atoms with van der Waals surface area (Å²) in [7, 11) is 0. The number of aromatic nitrogens is 2. The van der Waals surface area contributed by atoms with Gasteiger partial charge in [0, 0.05) is 11.4 Å². The topological polar surface area (TPSA) is 68.0 Å².